The lowest BCUT2D eigenvalue weighted by molar-refractivity contribution is -0.116. The molecule has 0 saturated carbocycles. The van der Waals surface area contributed by atoms with Gasteiger partial charge in [-0.2, -0.15) is 5.10 Å². The lowest BCUT2D eigenvalue weighted by Gasteiger charge is -2.11. The van der Waals surface area contributed by atoms with Gasteiger partial charge in [-0.05, 0) is 49.4 Å². The Labute approximate surface area is 200 Å². The molecule has 32 heavy (non-hydrogen) atoms. The van der Waals surface area contributed by atoms with Gasteiger partial charge in [0, 0.05) is 39.4 Å². The average molecular weight is 487 g/mol. The van der Waals surface area contributed by atoms with Crippen molar-refractivity contribution in [1.29, 1.82) is 0 Å². The van der Waals surface area contributed by atoms with Crippen molar-refractivity contribution in [3.63, 3.8) is 0 Å². The molecule has 1 N–H and O–H groups in total. The molecule has 0 fully saturated rings. The molecule has 8 heteroatoms. The zero-order chi connectivity index (χ0) is 22.7. The molecule has 2 aromatic heterocycles. The maximum Gasteiger partial charge on any atom is 0.244 e. The summed E-state index contributed by atoms with van der Waals surface area (Å²) in [6, 6.07) is 14.5. The van der Waals surface area contributed by atoms with E-state index >= 15 is 0 Å². The SMILES string of the molecule is Cc1c(/C=C/C(=O)NCc2ccoc2)nn(-c2ccc(Cl)cc2Cl)c1-c1ccc(Cl)cc1. The number of carbonyl (C=O) groups is 1. The van der Waals surface area contributed by atoms with E-state index in [0.717, 1.165) is 22.4 Å². The van der Waals surface area contributed by atoms with Crippen molar-refractivity contribution in [3.8, 4) is 16.9 Å². The fourth-order valence-corrected chi connectivity index (χ4v) is 3.86. The van der Waals surface area contributed by atoms with Gasteiger partial charge in [-0.15, -0.1) is 0 Å². The van der Waals surface area contributed by atoms with Gasteiger partial charge >= 0.3 is 0 Å². The van der Waals surface area contributed by atoms with Crippen LogP contribution in [0.25, 0.3) is 23.0 Å². The van der Waals surface area contributed by atoms with E-state index in [1.807, 2.05) is 37.3 Å². The number of nitrogens with zero attached hydrogens (tertiary/aromatic N) is 2. The highest BCUT2D eigenvalue weighted by Gasteiger charge is 2.18. The summed E-state index contributed by atoms with van der Waals surface area (Å²) in [5.41, 5.74) is 4.83. The molecule has 4 rings (SSSR count). The van der Waals surface area contributed by atoms with Crippen molar-refractivity contribution in [1.82, 2.24) is 15.1 Å². The minimum Gasteiger partial charge on any atom is -0.472 e. The molecule has 2 aromatic carbocycles. The molecule has 0 aliphatic heterocycles. The first-order valence-corrected chi connectivity index (χ1v) is 10.8. The van der Waals surface area contributed by atoms with Crippen molar-refractivity contribution in [3.05, 3.63) is 99.0 Å². The Morgan fingerprint density at radius 3 is 2.53 bits per heavy atom. The summed E-state index contributed by atoms with van der Waals surface area (Å²) in [5, 5.41) is 9.17. The molecular formula is C24H18Cl3N3O2. The van der Waals surface area contributed by atoms with Gasteiger partial charge in [0.15, 0.2) is 0 Å². The first-order valence-electron chi connectivity index (χ1n) is 9.70. The Bertz CT molecular complexity index is 1280. The number of amides is 1. The molecule has 0 atom stereocenters. The van der Waals surface area contributed by atoms with Crippen LogP contribution >= 0.6 is 34.8 Å². The lowest BCUT2D eigenvalue weighted by Crippen LogP contribution is -2.19. The fraction of sp³-hybridized carbons (Fsp3) is 0.0833. The van der Waals surface area contributed by atoms with E-state index in [2.05, 4.69) is 5.32 Å². The average Bonchev–Trinajstić information content (AvgIpc) is 3.40. The van der Waals surface area contributed by atoms with Gasteiger partial charge in [-0.3, -0.25) is 4.79 Å². The van der Waals surface area contributed by atoms with Crippen LogP contribution in [0.1, 0.15) is 16.8 Å². The Morgan fingerprint density at radius 2 is 1.84 bits per heavy atom. The molecule has 1 amide bonds. The molecule has 2 heterocycles. The maximum atomic E-state index is 12.3. The highest BCUT2D eigenvalue weighted by atomic mass is 35.5. The fourth-order valence-electron chi connectivity index (χ4n) is 3.24. The molecule has 0 aliphatic carbocycles. The minimum atomic E-state index is -0.238. The first kappa shape index (κ1) is 22.2. The van der Waals surface area contributed by atoms with Crippen molar-refractivity contribution in [2.45, 2.75) is 13.5 Å². The third-order valence-corrected chi connectivity index (χ3v) is 5.64. The van der Waals surface area contributed by atoms with Gasteiger partial charge < -0.3 is 9.73 Å². The number of halogens is 3. The lowest BCUT2D eigenvalue weighted by atomic mass is 10.1. The number of aromatic nitrogens is 2. The number of nitrogens with one attached hydrogen (secondary N) is 1. The van der Waals surface area contributed by atoms with E-state index in [9.17, 15) is 4.79 Å². The molecule has 0 radical (unpaired) electrons. The molecular weight excluding hydrogens is 469 g/mol. The number of hydrogen-bond acceptors (Lipinski definition) is 3. The third-order valence-electron chi connectivity index (χ3n) is 4.85. The molecule has 0 unspecified atom stereocenters. The Morgan fingerprint density at radius 1 is 1.09 bits per heavy atom. The quantitative estimate of drug-likeness (QED) is 0.307. The maximum absolute atomic E-state index is 12.3. The highest BCUT2D eigenvalue weighted by molar-refractivity contribution is 6.35. The molecule has 0 spiro atoms. The van der Waals surface area contributed by atoms with Crippen LogP contribution in [0.4, 0.5) is 0 Å². The molecule has 162 valence electrons. The van der Waals surface area contributed by atoms with Crippen LogP contribution in [0.2, 0.25) is 15.1 Å². The van der Waals surface area contributed by atoms with Crippen LogP contribution in [0.15, 0.2) is 71.6 Å². The van der Waals surface area contributed by atoms with E-state index in [4.69, 9.17) is 44.3 Å². The number of carbonyl (C=O) groups excluding carboxylic acids is 1. The van der Waals surface area contributed by atoms with E-state index < -0.39 is 0 Å². The van der Waals surface area contributed by atoms with Crippen molar-refractivity contribution < 1.29 is 9.21 Å². The third kappa shape index (κ3) is 4.91. The summed E-state index contributed by atoms with van der Waals surface area (Å²) in [6.07, 6.45) is 6.28. The van der Waals surface area contributed by atoms with Crippen LogP contribution in [-0.4, -0.2) is 15.7 Å². The highest BCUT2D eigenvalue weighted by Crippen LogP contribution is 2.33. The van der Waals surface area contributed by atoms with E-state index in [1.54, 1.807) is 41.5 Å². The summed E-state index contributed by atoms with van der Waals surface area (Å²) >= 11 is 18.6. The summed E-state index contributed by atoms with van der Waals surface area (Å²) in [6.45, 7) is 2.32. The number of rotatable bonds is 6. The standard InChI is InChI=1S/C24H18Cl3N3O2/c1-15-21(7-9-23(31)28-13-16-10-11-32-14-16)29-30(22-8-6-19(26)12-20(22)27)24(15)17-2-4-18(25)5-3-17/h2-12,14H,13H2,1H3,(H,28,31)/b9-7+. The minimum absolute atomic E-state index is 0.238. The van der Waals surface area contributed by atoms with Gasteiger partial charge in [-0.1, -0.05) is 46.9 Å². The van der Waals surface area contributed by atoms with Gasteiger partial charge in [0.2, 0.25) is 5.91 Å². The Hall–Kier alpha value is -2.99. The zero-order valence-electron chi connectivity index (χ0n) is 17.0. The first-order chi connectivity index (χ1) is 15.4. The second-order valence-electron chi connectivity index (χ2n) is 7.06. The van der Waals surface area contributed by atoms with Crippen molar-refractivity contribution in [2.75, 3.05) is 0 Å². The van der Waals surface area contributed by atoms with Gasteiger partial charge in [0.05, 0.1) is 34.6 Å². The molecule has 4 aromatic rings. The Kier molecular flexibility index (Phi) is 6.70. The summed E-state index contributed by atoms with van der Waals surface area (Å²) in [7, 11) is 0. The number of benzene rings is 2. The second kappa shape index (κ2) is 9.65. The predicted octanol–water partition coefficient (Wildman–Crippen LogP) is 6.73. The predicted molar refractivity (Wildman–Crippen MR) is 128 cm³/mol. The van der Waals surface area contributed by atoms with Gasteiger partial charge in [-0.25, -0.2) is 4.68 Å². The smallest absolute Gasteiger partial charge is 0.244 e. The van der Waals surface area contributed by atoms with E-state index in [1.165, 1.54) is 6.08 Å². The number of hydrogen-bond donors (Lipinski definition) is 1. The van der Waals surface area contributed by atoms with Crippen molar-refractivity contribution >= 4 is 46.8 Å². The Balaban J connectivity index is 1.70. The van der Waals surface area contributed by atoms with Crippen LogP contribution < -0.4 is 5.32 Å². The summed E-state index contributed by atoms with van der Waals surface area (Å²) in [4.78, 5) is 12.3. The van der Waals surface area contributed by atoms with E-state index in [-0.39, 0.29) is 5.91 Å². The van der Waals surface area contributed by atoms with Crippen LogP contribution in [0, 0.1) is 6.92 Å². The van der Waals surface area contributed by atoms with Crippen LogP contribution in [-0.2, 0) is 11.3 Å². The molecule has 5 nitrogen and oxygen atoms in total. The monoisotopic (exact) mass is 485 g/mol. The molecule has 0 bridgehead atoms. The van der Waals surface area contributed by atoms with Gasteiger partial charge in [0.25, 0.3) is 0 Å². The van der Waals surface area contributed by atoms with E-state index in [0.29, 0.717) is 33.0 Å². The normalized spacial score (nSPS) is 11.2. The summed E-state index contributed by atoms with van der Waals surface area (Å²) < 4.78 is 6.76. The zero-order valence-corrected chi connectivity index (χ0v) is 19.2. The van der Waals surface area contributed by atoms with Crippen LogP contribution in [0.3, 0.4) is 0 Å². The molecule has 0 saturated heterocycles. The number of furan rings is 1. The second-order valence-corrected chi connectivity index (χ2v) is 8.34. The largest absolute Gasteiger partial charge is 0.472 e. The summed E-state index contributed by atoms with van der Waals surface area (Å²) in [5.74, 6) is -0.238. The molecule has 0 aliphatic rings. The topological polar surface area (TPSA) is 60.1 Å². The van der Waals surface area contributed by atoms with Crippen LogP contribution in [0.5, 0.6) is 0 Å². The van der Waals surface area contributed by atoms with Gasteiger partial charge in [0.1, 0.15) is 0 Å². The van der Waals surface area contributed by atoms with Crippen molar-refractivity contribution in [2.24, 2.45) is 0 Å².